The van der Waals surface area contributed by atoms with Gasteiger partial charge in [-0.3, -0.25) is 0 Å². The summed E-state index contributed by atoms with van der Waals surface area (Å²) in [6.07, 6.45) is 12.7. The van der Waals surface area contributed by atoms with E-state index < -0.39 is 0 Å². The summed E-state index contributed by atoms with van der Waals surface area (Å²) in [6, 6.07) is 8.96. The smallest absolute Gasteiger partial charge is 0.0450 e. The van der Waals surface area contributed by atoms with Crippen LogP contribution in [-0.2, 0) is 6.54 Å². The summed E-state index contributed by atoms with van der Waals surface area (Å²) in [5.74, 6) is 1.75. The minimum Gasteiger partial charge on any atom is -0.314 e. The van der Waals surface area contributed by atoms with E-state index >= 15 is 0 Å². The Morgan fingerprint density at radius 3 is 2.21 bits per heavy atom. The molecule has 2 aliphatic carbocycles. The number of halogens is 1. The third kappa shape index (κ3) is 5.75. The lowest BCUT2D eigenvalue weighted by atomic mass is 9.81. The molecule has 1 aromatic rings. The van der Waals surface area contributed by atoms with Crippen LogP contribution in [0, 0.1) is 11.8 Å². The Morgan fingerprint density at radius 2 is 1.50 bits per heavy atom. The van der Waals surface area contributed by atoms with Gasteiger partial charge in [0.05, 0.1) is 0 Å². The zero-order chi connectivity index (χ0) is 16.6. The van der Waals surface area contributed by atoms with Gasteiger partial charge in [0.25, 0.3) is 0 Å². The second kappa shape index (κ2) is 9.79. The van der Waals surface area contributed by atoms with Crippen LogP contribution in [0.1, 0.15) is 63.4 Å². The molecule has 0 aromatic heterocycles. The van der Waals surface area contributed by atoms with Crippen molar-refractivity contribution in [1.29, 1.82) is 0 Å². The van der Waals surface area contributed by atoms with Crippen LogP contribution in [0.5, 0.6) is 0 Å². The molecule has 0 bridgehead atoms. The average molecular weight is 349 g/mol. The van der Waals surface area contributed by atoms with E-state index in [1.807, 2.05) is 12.1 Å². The van der Waals surface area contributed by atoms with Crippen molar-refractivity contribution >= 4 is 11.6 Å². The van der Waals surface area contributed by atoms with Crippen LogP contribution in [0.15, 0.2) is 24.3 Å². The van der Waals surface area contributed by atoms with E-state index in [4.69, 9.17) is 11.6 Å². The van der Waals surface area contributed by atoms with Crippen molar-refractivity contribution in [3.05, 3.63) is 34.9 Å². The van der Waals surface area contributed by atoms with Crippen LogP contribution >= 0.6 is 11.6 Å². The van der Waals surface area contributed by atoms with Gasteiger partial charge in [-0.15, -0.1) is 0 Å². The van der Waals surface area contributed by atoms with Crippen LogP contribution in [-0.4, -0.2) is 19.1 Å². The van der Waals surface area contributed by atoms with Crippen molar-refractivity contribution in [3.8, 4) is 0 Å². The van der Waals surface area contributed by atoms with Gasteiger partial charge in [0.1, 0.15) is 0 Å². The normalized spacial score (nSPS) is 25.7. The number of benzene rings is 1. The molecule has 0 heterocycles. The summed E-state index contributed by atoms with van der Waals surface area (Å²) in [5, 5.41) is 8.33. The van der Waals surface area contributed by atoms with E-state index in [1.54, 1.807) is 0 Å². The first-order valence-corrected chi connectivity index (χ1v) is 10.4. The predicted octanol–water partition coefficient (Wildman–Crippen LogP) is 5.16. The molecule has 2 N–H and O–H groups in total. The summed E-state index contributed by atoms with van der Waals surface area (Å²) in [6.45, 7) is 3.28. The van der Waals surface area contributed by atoms with Gasteiger partial charge in [0, 0.05) is 17.6 Å². The maximum absolute atomic E-state index is 6.22. The highest BCUT2D eigenvalue weighted by Gasteiger charge is 2.22. The first kappa shape index (κ1) is 18.2. The maximum atomic E-state index is 6.22. The molecule has 0 unspecified atom stereocenters. The Balaban J connectivity index is 1.28. The zero-order valence-corrected chi connectivity index (χ0v) is 15.7. The highest BCUT2D eigenvalue weighted by molar-refractivity contribution is 6.31. The van der Waals surface area contributed by atoms with Gasteiger partial charge in [0.15, 0.2) is 0 Å². The Labute approximate surface area is 152 Å². The van der Waals surface area contributed by atoms with Gasteiger partial charge >= 0.3 is 0 Å². The molecule has 2 nitrogen and oxygen atoms in total. The Bertz CT molecular complexity index is 476. The molecule has 0 spiro atoms. The van der Waals surface area contributed by atoms with Crippen molar-refractivity contribution in [3.63, 3.8) is 0 Å². The minimum absolute atomic E-state index is 0.814. The molecule has 24 heavy (non-hydrogen) atoms. The molecule has 2 fully saturated rings. The lowest BCUT2D eigenvalue weighted by molar-refractivity contribution is 0.247. The maximum Gasteiger partial charge on any atom is 0.0450 e. The van der Waals surface area contributed by atoms with Crippen LogP contribution in [0.4, 0.5) is 0 Å². The van der Waals surface area contributed by atoms with Crippen LogP contribution in [0.3, 0.4) is 0 Å². The zero-order valence-electron chi connectivity index (χ0n) is 14.9. The van der Waals surface area contributed by atoms with Gasteiger partial charge in [-0.05, 0) is 75.1 Å². The monoisotopic (exact) mass is 348 g/mol. The summed E-state index contributed by atoms with van der Waals surface area (Å²) < 4.78 is 0. The molecular weight excluding hydrogens is 316 g/mol. The number of nitrogens with one attached hydrogen (secondary N) is 2. The molecule has 2 saturated carbocycles. The third-order valence-corrected chi connectivity index (χ3v) is 6.34. The van der Waals surface area contributed by atoms with Crippen molar-refractivity contribution in [2.45, 2.75) is 70.4 Å². The molecule has 0 atom stereocenters. The van der Waals surface area contributed by atoms with Gasteiger partial charge in [0.2, 0.25) is 0 Å². The quantitative estimate of drug-likeness (QED) is 0.711. The lowest BCUT2D eigenvalue weighted by Gasteiger charge is -2.31. The molecule has 2 aliphatic rings. The average Bonchev–Trinajstić information content (AvgIpc) is 2.63. The van der Waals surface area contributed by atoms with Crippen LogP contribution in [0.2, 0.25) is 5.02 Å². The Hall–Kier alpha value is -0.570. The fraction of sp³-hybridized carbons (Fsp3) is 0.714. The van der Waals surface area contributed by atoms with E-state index in [0.29, 0.717) is 0 Å². The van der Waals surface area contributed by atoms with Crippen molar-refractivity contribution < 1.29 is 0 Å². The van der Waals surface area contributed by atoms with Gasteiger partial charge in [-0.1, -0.05) is 49.1 Å². The van der Waals surface area contributed by atoms with Gasteiger partial charge in [-0.2, -0.15) is 0 Å². The molecule has 0 amide bonds. The SMILES string of the molecule is Clc1ccccc1CNCC1CCC(CNC2CCCCC2)CC1. The van der Waals surface area contributed by atoms with Crippen molar-refractivity contribution in [2.75, 3.05) is 13.1 Å². The standard InChI is InChI=1S/C21H33ClN2/c22-21-9-5-4-6-19(21)16-23-14-17-10-12-18(13-11-17)15-24-20-7-2-1-3-8-20/h4-6,9,17-18,20,23-24H,1-3,7-8,10-16H2. The van der Waals surface area contributed by atoms with Gasteiger partial charge < -0.3 is 10.6 Å². The fourth-order valence-electron chi connectivity index (χ4n) is 4.33. The molecule has 1 aromatic carbocycles. The first-order valence-electron chi connectivity index (χ1n) is 9.99. The van der Waals surface area contributed by atoms with E-state index in [0.717, 1.165) is 36.0 Å². The first-order chi connectivity index (χ1) is 11.8. The molecule has 0 saturated heterocycles. The highest BCUT2D eigenvalue weighted by Crippen LogP contribution is 2.28. The van der Waals surface area contributed by atoms with Gasteiger partial charge in [-0.25, -0.2) is 0 Å². The number of hydrogen-bond acceptors (Lipinski definition) is 2. The molecule has 3 heteroatoms. The number of hydrogen-bond donors (Lipinski definition) is 2. The Kier molecular flexibility index (Phi) is 7.44. The van der Waals surface area contributed by atoms with Crippen LogP contribution < -0.4 is 10.6 Å². The minimum atomic E-state index is 0.814. The molecular formula is C21H33ClN2. The summed E-state index contributed by atoms with van der Waals surface area (Å²) in [5.41, 5.74) is 1.21. The van der Waals surface area contributed by atoms with Crippen molar-refractivity contribution in [1.82, 2.24) is 10.6 Å². The lowest BCUT2D eigenvalue weighted by Crippen LogP contribution is -2.36. The third-order valence-electron chi connectivity index (χ3n) is 5.97. The molecule has 134 valence electrons. The molecule has 0 radical (unpaired) electrons. The van der Waals surface area contributed by atoms with Crippen molar-refractivity contribution in [2.24, 2.45) is 11.8 Å². The van der Waals surface area contributed by atoms with E-state index in [2.05, 4.69) is 22.8 Å². The second-order valence-electron chi connectivity index (χ2n) is 7.85. The van der Waals surface area contributed by atoms with E-state index in [1.165, 1.54) is 69.9 Å². The second-order valence-corrected chi connectivity index (χ2v) is 8.26. The summed E-state index contributed by atoms with van der Waals surface area (Å²) in [4.78, 5) is 0. The molecule has 0 aliphatic heterocycles. The van der Waals surface area contributed by atoms with E-state index in [9.17, 15) is 0 Å². The fourth-order valence-corrected chi connectivity index (χ4v) is 4.54. The predicted molar refractivity (Wildman–Crippen MR) is 103 cm³/mol. The largest absolute Gasteiger partial charge is 0.314 e. The van der Waals surface area contributed by atoms with E-state index in [-0.39, 0.29) is 0 Å². The highest BCUT2D eigenvalue weighted by atomic mass is 35.5. The summed E-state index contributed by atoms with van der Waals surface area (Å²) >= 11 is 6.22. The Morgan fingerprint density at radius 1 is 0.833 bits per heavy atom. The topological polar surface area (TPSA) is 24.1 Å². The van der Waals surface area contributed by atoms with Crippen LogP contribution in [0.25, 0.3) is 0 Å². The summed E-state index contributed by atoms with van der Waals surface area (Å²) in [7, 11) is 0. The molecule has 3 rings (SSSR count). The number of rotatable bonds is 7.